The van der Waals surface area contributed by atoms with Gasteiger partial charge in [0.15, 0.2) is 0 Å². The fourth-order valence-electron chi connectivity index (χ4n) is 2.18. The van der Waals surface area contributed by atoms with Crippen molar-refractivity contribution in [3.63, 3.8) is 0 Å². The smallest absolute Gasteiger partial charge is 0.338 e. The van der Waals surface area contributed by atoms with Crippen LogP contribution in [0.25, 0.3) is 5.57 Å². The molecule has 0 spiro atoms. The Bertz CT molecular complexity index is 465. The summed E-state index contributed by atoms with van der Waals surface area (Å²) in [6.45, 7) is 5.34. The lowest BCUT2D eigenvalue weighted by molar-refractivity contribution is 0.0526. The van der Waals surface area contributed by atoms with Crippen molar-refractivity contribution in [3.8, 4) is 0 Å². The molecule has 1 aromatic carbocycles. The van der Waals surface area contributed by atoms with E-state index in [0.29, 0.717) is 18.2 Å². The molecule has 3 nitrogen and oxygen atoms in total. The first-order valence-electron chi connectivity index (χ1n) is 6.42. The van der Waals surface area contributed by atoms with Crippen LogP contribution in [0.15, 0.2) is 30.3 Å². The predicted molar refractivity (Wildman–Crippen MR) is 72.5 cm³/mol. The first kappa shape index (κ1) is 12.8. The Hall–Kier alpha value is -1.61. The summed E-state index contributed by atoms with van der Waals surface area (Å²) in [6.07, 6.45) is 3.21. The van der Waals surface area contributed by atoms with E-state index < -0.39 is 0 Å². The minimum absolute atomic E-state index is 0.248. The zero-order valence-electron chi connectivity index (χ0n) is 10.9. The molecule has 18 heavy (non-hydrogen) atoms. The standard InChI is InChI=1S/C15H19NO2/c1-3-18-15(17)14-6-4-5-12(10-14)13-7-8-16-11(2)9-13/h4-6,9-11,16H,3,7-8H2,1-2H3. The number of benzene rings is 1. The molecule has 0 aromatic heterocycles. The van der Waals surface area contributed by atoms with Crippen LogP contribution in [0.5, 0.6) is 0 Å². The Morgan fingerprint density at radius 3 is 3.06 bits per heavy atom. The highest BCUT2D eigenvalue weighted by molar-refractivity contribution is 5.90. The minimum atomic E-state index is -0.248. The summed E-state index contributed by atoms with van der Waals surface area (Å²) in [6, 6.07) is 8.07. The van der Waals surface area contributed by atoms with Gasteiger partial charge in [0.05, 0.1) is 12.2 Å². The average Bonchev–Trinajstić information content (AvgIpc) is 2.39. The fourth-order valence-corrected chi connectivity index (χ4v) is 2.18. The summed E-state index contributed by atoms with van der Waals surface area (Å²) < 4.78 is 5.02. The van der Waals surface area contributed by atoms with Gasteiger partial charge in [0.1, 0.15) is 0 Å². The first-order valence-corrected chi connectivity index (χ1v) is 6.42. The highest BCUT2D eigenvalue weighted by Crippen LogP contribution is 2.22. The van der Waals surface area contributed by atoms with E-state index in [9.17, 15) is 4.79 Å². The molecule has 1 aliphatic rings. The van der Waals surface area contributed by atoms with Gasteiger partial charge in [-0.25, -0.2) is 4.79 Å². The quantitative estimate of drug-likeness (QED) is 0.832. The van der Waals surface area contributed by atoms with Crippen molar-refractivity contribution in [1.82, 2.24) is 5.32 Å². The van der Waals surface area contributed by atoms with Crippen molar-refractivity contribution in [2.24, 2.45) is 0 Å². The molecule has 1 heterocycles. The summed E-state index contributed by atoms with van der Waals surface area (Å²) in [4.78, 5) is 11.7. The van der Waals surface area contributed by atoms with Crippen molar-refractivity contribution in [1.29, 1.82) is 0 Å². The predicted octanol–water partition coefficient (Wildman–Crippen LogP) is 2.63. The van der Waals surface area contributed by atoms with Gasteiger partial charge in [0.2, 0.25) is 0 Å². The summed E-state index contributed by atoms with van der Waals surface area (Å²) in [5.74, 6) is -0.248. The molecule has 3 heteroatoms. The van der Waals surface area contributed by atoms with Gasteiger partial charge in [-0.1, -0.05) is 18.2 Å². The van der Waals surface area contributed by atoms with Crippen LogP contribution in [0.4, 0.5) is 0 Å². The molecule has 0 aliphatic carbocycles. The van der Waals surface area contributed by atoms with Crippen LogP contribution in [0.2, 0.25) is 0 Å². The van der Waals surface area contributed by atoms with Crippen LogP contribution in [-0.2, 0) is 4.74 Å². The van der Waals surface area contributed by atoms with Crippen molar-refractivity contribution >= 4 is 11.5 Å². The number of hydrogen-bond donors (Lipinski definition) is 1. The largest absolute Gasteiger partial charge is 0.462 e. The van der Waals surface area contributed by atoms with Gasteiger partial charge in [-0.3, -0.25) is 0 Å². The third kappa shape index (κ3) is 2.99. The van der Waals surface area contributed by atoms with Gasteiger partial charge in [-0.15, -0.1) is 0 Å². The normalized spacial score (nSPS) is 19.2. The Balaban J connectivity index is 2.24. The van der Waals surface area contributed by atoms with Crippen molar-refractivity contribution in [3.05, 3.63) is 41.5 Å². The highest BCUT2D eigenvalue weighted by atomic mass is 16.5. The van der Waals surface area contributed by atoms with Gasteiger partial charge in [0.25, 0.3) is 0 Å². The minimum Gasteiger partial charge on any atom is -0.462 e. The number of hydrogen-bond acceptors (Lipinski definition) is 3. The lowest BCUT2D eigenvalue weighted by Crippen LogP contribution is -2.29. The van der Waals surface area contributed by atoms with Gasteiger partial charge < -0.3 is 10.1 Å². The van der Waals surface area contributed by atoms with E-state index in [2.05, 4.69) is 18.3 Å². The van der Waals surface area contributed by atoms with Crippen LogP contribution in [0.1, 0.15) is 36.2 Å². The maximum absolute atomic E-state index is 11.7. The lowest BCUT2D eigenvalue weighted by atomic mass is 9.96. The van der Waals surface area contributed by atoms with Crippen LogP contribution < -0.4 is 5.32 Å². The Morgan fingerprint density at radius 2 is 2.33 bits per heavy atom. The molecular formula is C15H19NO2. The molecule has 0 saturated heterocycles. The van der Waals surface area contributed by atoms with Crippen molar-refractivity contribution < 1.29 is 9.53 Å². The summed E-state index contributed by atoms with van der Waals surface area (Å²) in [5.41, 5.74) is 3.04. The maximum Gasteiger partial charge on any atom is 0.338 e. The van der Waals surface area contributed by atoms with Gasteiger partial charge >= 0.3 is 5.97 Å². The molecule has 1 aromatic rings. The Kier molecular flexibility index (Phi) is 4.15. The molecule has 1 unspecified atom stereocenters. The number of carbonyl (C=O) groups is 1. The van der Waals surface area contributed by atoms with Crippen LogP contribution in [-0.4, -0.2) is 25.2 Å². The van der Waals surface area contributed by atoms with E-state index in [4.69, 9.17) is 4.74 Å². The topological polar surface area (TPSA) is 38.3 Å². The lowest BCUT2D eigenvalue weighted by Gasteiger charge is -2.20. The van der Waals surface area contributed by atoms with Crippen LogP contribution in [0.3, 0.4) is 0 Å². The maximum atomic E-state index is 11.7. The molecule has 0 fully saturated rings. The fraction of sp³-hybridized carbons (Fsp3) is 0.400. The Labute approximate surface area is 108 Å². The van der Waals surface area contributed by atoms with E-state index in [1.807, 2.05) is 25.1 Å². The molecule has 1 aliphatic heterocycles. The van der Waals surface area contributed by atoms with Gasteiger partial charge in [0, 0.05) is 6.04 Å². The van der Waals surface area contributed by atoms with Crippen LogP contribution in [0, 0.1) is 0 Å². The van der Waals surface area contributed by atoms with E-state index in [0.717, 1.165) is 18.5 Å². The average molecular weight is 245 g/mol. The number of ether oxygens (including phenoxy) is 1. The van der Waals surface area contributed by atoms with Crippen molar-refractivity contribution in [2.45, 2.75) is 26.3 Å². The molecule has 0 bridgehead atoms. The molecule has 0 radical (unpaired) electrons. The summed E-state index contributed by atoms with van der Waals surface area (Å²) >= 11 is 0. The van der Waals surface area contributed by atoms with Gasteiger partial charge in [-0.2, -0.15) is 0 Å². The Morgan fingerprint density at radius 1 is 1.50 bits per heavy atom. The number of esters is 1. The first-order chi connectivity index (χ1) is 8.70. The summed E-state index contributed by atoms with van der Waals surface area (Å²) in [5, 5.41) is 3.37. The highest BCUT2D eigenvalue weighted by Gasteiger charge is 2.12. The molecular weight excluding hydrogens is 226 g/mol. The molecule has 0 saturated carbocycles. The monoisotopic (exact) mass is 245 g/mol. The molecule has 1 atom stereocenters. The molecule has 1 N–H and O–H groups in total. The van der Waals surface area contributed by atoms with E-state index in [-0.39, 0.29) is 5.97 Å². The molecule has 2 rings (SSSR count). The SMILES string of the molecule is CCOC(=O)c1cccc(C2=CC(C)NCC2)c1. The van der Waals surface area contributed by atoms with Crippen molar-refractivity contribution in [2.75, 3.05) is 13.2 Å². The van der Waals surface area contributed by atoms with Gasteiger partial charge in [-0.05, 0) is 50.1 Å². The number of rotatable bonds is 3. The zero-order valence-corrected chi connectivity index (χ0v) is 10.9. The van der Waals surface area contributed by atoms with E-state index in [1.54, 1.807) is 6.07 Å². The third-order valence-corrected chi connectivity index (χ3v) is 3.06. The second kappa shape index (κ2) is 5.83. The van der Waals surface area contributed by atoms with E-state index in [1.165, 1.54) is 5.57 Å². The van der Waals surface area contributed by atoms with E-state index >= 15 is 0 Å². The third-order valence-electron chi connectivity index (χ3n) is 3.06. The molecule has 96 valence electrons. The zero-order chi connectivity index (χ0) is 13.0. The summed E-state index contributed by atoms with van der Waals surface area (Å²) in [7, 11) is 0. The second-order valence-corrected chi connectivity index (χ2v) is 4.49. The molecule has 0 amide bonds. The number of carbonyl (C=O) groups excluding carboxylic acids is 1. The second-order valence-electron chi connectivity index (χ2n) is 4.49. The number of nitrogens with one attached hydrogen (secondary N) is 1. The van der Waals surface area contributed by atoms with Crippen LogP contribution >= 0.6 is 0 Å².